The number of methoxy groups -OCH3 is 1. The number of carbonyl (C=O) groups is 1. The molecule has 2 heterocycles. The third-order valence-electron chi connectivity index (χ3n) is 4.43. The van der Waals surface area contributed by atoms with Crippen LogP contribution in [0.4, 0.5) is 0 Å². The van der Waals surface area contributed by atoms with Crippen LogP contribution < -0.4 is 0 Å². The number of hydrogen-bond acceptors (Lipinski definition) is 3. The minimum absolute atomic E-state index is 0.396. The number of nitrogens with zero attached hydrogens (tertiary/aromatic N) is 1. The van der Waals surface area contributed by atoms with Gasteiger partial charge in [0.25, 0.3) is 0 Å². The Bertz CT molecular complexity index is 272. The summed E-state index contributed by atoms with van der Waals surface area (Å²) in [5, 5.41) is 10.3. The van der Waals surface area contributed by atoms with E-state index in [0.29, 0.717) is 24.9 Å². The molecule has 0 aromatic heterocycles. The number of hydrogen-bond donors (Lipinski definition) is 1. The topological polar surface area (TPSA) is 46.5 Å². The number of carbonyl (C=O) groups excluding carboxylic acids is 1. The summed E-state index contributed by atoms with van der Waals surface area (Å²) >= 11 is 0. The molecule has 2 aliphatic heterocycles. The van der Waals surface area contributed by atoms with E-state index in [2.05, 4.69) is 18.8 Å². The molecule has 2 aliphatic rings. The molecule has 15 heavy (non-hydrogen) atoms. The van der Waals surface area contributed by atoms with Gasteiger partial charge in [-0.25, -0.2) is 4.79 Å². The Kier molecular flexibility index (Phi) is 2.32. The third-order valence-corrected chi connectivity index (χ3v) is 4.43. The maximum atomic E-state index is 11.5. The molecule has 0 aliphatic carbocycles. The van der Waals surface area contributed by atoms with Crippen molar-refractivity contribution in [1.29, 1.82) is 0 Å². The molecule has 1 N–H and O–H groups in total. The summed E-state index contributed by atoms with van der Waals surface area (Å²) in [5.74, 6) is -0.459. The van der Waals surface area contributed by atoms with Crippen LogP contribution in [-0.2, 0) is 9.53 Å². The average molecular weight is 214 g/mol. The van der Waals surface area contributed by atoms with Crippen LogP contribution in [0.5, 0.6) is 0 Å². The van der Waals surface area contributed by atoms with Crippen molar-refractivity contribution in [3.8, 4) is 0 Å². The average Bonchev–Trinajstić information content (AvgIpc) is 2.41. The Morgan fingerprint density at radius 3 is 2.20 bits per heavy atom. The number of quaternary nitrogens is 1. The highest BCUT2D eigenvalue weighted by atomic mass is 16.5. The van der Waals surface area contributed by atoms with Gasteiger partial charge in [0.1, 0.15) is 0 Å². The van der Waals surface area contributed by atoms with Crippen LogP contribution in [0.25, 0.3) is 0 Å². The van der Waals surface area contributed by atoms with Crippen molar-refractivity contribution in [1.82, 2.24) is 0 Å². The summed E-state index contributed by atoms with van der Waals surface area (Å²) in [4.78, 5) is 11.5. The van der Waals surface area contributed by atoms with E-state index in [4.69, 9.17) is 0 Å². The van der Waals surface area contributed by atoms with E-state index in [0.717, 1.165) is 17.3 Å². The fourth-order valence-electron chi connectivity index (χ4n) is 3.24. The second kappa shape index (κ2) is 3.19. The first-order valence-electron chi connectivity index (χ1n) is 5.54. The first-order valence-corrected chi connectivity index (χ1v) is 5.54. The van der Waals surface area contributed by atoms with E-state index in [-0.39, 0.29) is 0 Å². The van der Waals surface area contributed by atoms with Crippen molar-refractivity contribution >= 4 is 5.97 Å². The van der Waals surface area contributed by atoms with Crippen LogP contribution in [0.1, 0.15) is 25.7 Å². The van der Waals surface area contributed by atoms with Crippen molar-refractivity contribution in [2.75, 3.05) is 21.2 Å². The zero-order valence-electron chi connectivity index (χ0n) is 9.69. The molecule has 0 radical (unpaired) electrons. The van der Waals surface area contributed by atoms with Gasteiger partial charge in [-0.3, -0.25) is 0 Å². The van der Waals surface area contributed by atoms with E-state index < -0.39 is 11.6 Å². The number of rotatable bonds is 1. The molecule has 4 heteroatoms. The molecule has 3 atom stereocenters. The molecule has 1 unspecified atom stereocenters. The molecule has 0 aromatic carbocycles. The van der Waals surface area contributed by atoms with Gasteiger partial charge in [-0.1, -0.05) is 0 Å². The van der Waals surface area contributed by atoms with E-state index in [1.165, 1.54) is 7.11 Å². The smallest absolute Gasteiger partial charge is 0.338 e. The van der Waals surface area contributed by atoms with Gasteiger partial charge in [0, 0.05) is 25.7 Å². The monoisotopic (exact) mass is 214 g/mol. The lowest BCUT2D eigenvalue weighted by atomic mass is 9.85. The SMILES string of the molecule is COC(=O)C1(O)C[C@H]2CC[C@@H](C1)[N+]2(C)C. The number of ether oxygens (including phenoxy) is 1. The minimum atomic E-state index is -1.23. The molecule has 86 valence electrons. The van der Waals surface area contributed by atoms with Gasteiger partial charge in [0.15, 0.2) is 5.60 Å². The largest absolute Gasteiger partial charge is 0.467 e. The lowest BCUT2D eigenvalue weighted by molar-refractivity contribution is -0.932. The number of aliphatic hydroxyl groups is 1. The maximum Gasteiger partial charge on any atom is 0.338 e. The molecular weight excluding hydrogens is 194 g/mol. The number of fused-ring (bicyclic) bond motifs is 2. The second-order valence-corrected chi connectivity index (χ2v) is 5.45. The van der Waals surface area contributed by atoms with Gasteiger partial charge in [-0.15, -0.1) is 0 Å². The minimum Gasteiger partial charge on any atom is -0.467 e. The zero-order chi connectivity index (χ0) is 11.3. The summed E-state index contributed by atoms with van der Waals surface area (Å²) in [6.45, 7) is 0. The lowest BCUT2D eigenvalue weighted by Crippen LogP contribution is -2.61. The predicted octanol–water partition coefficient (Wildman–Crippen LogP) is 0.292. The zero-order valence-corrected chi connectivity index (χ0v) is 9.69. The highest BCUT2D eigenvalue weighted by Crippen LogP contribution is 2.44. The molecule has 0 saturated carbocycles. The standard InChI is InChI=1S/C11H20NO3/c1-12(2)8-4-5-9(12)7-11(14,6-8)10(13)15-3/h8-9,14H,4-7H2,1-3H3/q+1/t8-,9+,11?. The quantitative estimate of drug-likeness (QED) is 0.504. The summed E-state index contributed by atoms with van der Waals surface area (Å²) < 4.78 is 5.63. The van der Waals surface area contributed by atoms with Crippen molar-refractivity contribution in [3.05, 3.63) is 0 Å². The van der Waals surface area contributed by atoms with Crippen LogP contribution >= 0.6 is 0 Å². The molecular formula is C11H20NO3+. The summed E-state index contributed by atoms with van der Waals surface area (Å²) in [6, 6.07) is 0.792. The number of esters is 1. The highest BCUT2D eigenvalue weighted by molar-refractivity contribution is 5.79. The van der Waals surface area contributed by atoms with Crippen LogP contribution in [0.2, 0.25) is 0 Å². The fourth-order valence-corrected chi connectivity index (χ4v) is 3.24. The Morgan fingerprint density at radius 1 is 1.33 bits per heavy atom. The number of piperidine rings is 1. The lowest BCUT2D eigenvalue weighted by Gasteiger charge is -2.46. The van der Waals surface area contributed by atoms with E-state index >= 15 is 0 Å². The molecule has 2 saturated heterocycles. The molecule has 2 bridgehead atoms. The van der Waals surface area contributed by atoms with Gasteiger partial charge in [-0.2, -0.15) is 0 Å². The molecule has 4 nitrogen and oxygen atoms in total. The van der Waals surface area contributed by atoms with Gasteiger partial charge in [0.05, 0.1) is 33.3 Å². The van der Waals surface area contributed by atoms with Crippen LogP contribution in [-0.4, -0.2) is 54.4 Å². The van der Waals surface area contributed by atoms with Crippen LogP contribution in [0.15, 0.2) is 0 Å². The molecule has 2 fully saturated rings. The van der Waals surface area contributed by atoms with Gasteiger partial charge in [0.2, 0.25) is 0 Å². The van der Waals surface area contributed by atoms with Crippen molar-refractivity contribution in [2.45, 2.75) is 43.4 Å². The van der Waals surface area contributed by atoms with Gasteiger partial charge in [-0.05, 0) is 0 Å². The molecule has 0 spiro atoms. The summed E-state index contributed by atoms with van der Waals surface area (Å²) in [5.41, 5.74) is -1.23. The van der Waals surface area contributed by atoms with Crippen molar-refractivity contribution in [2.24, 2.45) is 0 Å². The first kappa shape index (κ1) is 10.9. The Morgan fingerprint density at radius 2 is 1.80 bits per heavy atom. The Hall–Kier alpha value is -0.610. The Balaban J connectivity index is 2.21. The first-order chi connectivity index (χ1) is 6.90. The third kappa shape index (κ3) is 1.47. The van der Waals surface area contributed by atoms with Crippen molar-refractivity contribution < 1.29 is 19.1 Å². The molecule has 0 aromatic rings. The second-order valence-electron chi connectivity index (χ2n) is 5.45. The van der Waals surface area contributed by atoms with E-state index in [1.54, 1.807) is 0 Å². The maximum absolute atomic E-state index is 11.5. The fraction of sp³-hybridized carbons (Fsp3) is 0.909. The van der Waals surface area contributed by atoms with E-state index in [9.17, 15) is 9.90 Å². The predicted molar refractivity (Wildman–Crippen MR) is 55.1 cm³/mol. The van der Waals surface area contributed by atoms with Crippen LogP contribution in [0, 0.1) is 0 Å². The molecule has 0 amide bonds. The summed E-state index contributed by atoms with van der Waals surface area (Å²) in [6.07, 6.45) is 3.31. The summed E-state index contributed by atoms with van der Waals surface area (Å²) in [7, 11) is 5.73. The van der Waals surface area contributed by atoms with Crippen molar-refractivity contribution in [3.63, 3.8) is 0 Å². The van der Waals surface area contributed by atoms with E-state index in [1.807, 2.05) is 0 Å². The van der Waals surface area contributed by atoms with Crippen LogP contribution in [0.3, 0.4) is 0 Å². The van der Waals surface area contributed by atoms with Gasteiger partial charge < -0.3 is 14.3 Å². The highest BCUT2D eigenvalue weighted by Gasteiger charge is 2.57. The molecule has 2 rings (SSSR count). The Labute approximate surface area is 90.4 Å². The van der Waals surface area contributed by atoms with Gasteiger partial charge >= 0.3 is 5.97 Å². The normalized spacial score (nSPS) is 42.7.